The van der Waals surface area contributed by atoms with Gasteiger partial charge in [0.25, 0.3) is 0 Å². The Hall–Kier alpha value is -0.610. The Bertz CT molecular complexity index is 232. The maximum absolute atomic E-state index is 12.6. The highest BCUT2D eigenvalue weighted by molar-refractivity contribution is 5.83. The highest BCUT2D eigenvalue weighted by Crippen LogP contribution is 2.32. The van der Waals surface area contributed by atoms with Crippen LogP contribution in [0.2, 0.25) is 0 Å². The molecule has 0 spiro atoms. The van der Waals surface area contributed by atoms with E-state index in [1.54, 1.807) is 0 Å². The van der Waals surface area contributed by atoms with Crippen LogP contribution in [0.25, 0.3) is 0 Å². The van der Waals surface area contributed by atoms with Gasteiger partial charge in [-0.05, 0) is 32.2 Å². The lowest BCUT2D eigenvalue weighted by molar-refractivity contribution is -0.144. The third kappa shape index (κ3) is 3.42. The Kier molecular flexibility index (Phi) is 5.92. The normalized spacial score (nSPS) is 24.6. The number of nitrogens with zero attached hydrogens (tertiary/aromatic N) is 1. The van der Waals surface area contributed by atoms with Gasteiger partial charge in [-0.3, -0.25) is 4.79 Å². The standard InChI is InChI=1S/C13H26N2O2/c1-3-8-15(9-10-16)12(17)13(4-2)6-5-7-14-11-13/h14,16H,3-11H2,1-2H3. The molecule has 1 rings (SSSR count). The smallest absolute Gasteiger partial charge is 0.230 e. The lowest BCUT2D eigenvalue weighted by atomic mass is 9.77. The molecule has 1 atom stereocenters. The molecule has 0 aromatic rings. The van der Waals surface area contributed by atoms with E-state index >= 15 is 0 Å². The minimum atomic E-state index is -0.234. The van der Waals surface area contributed by atoms with Gasteiger partial charge in [0.2, 0.25) is 5.91 Å². The zero-order chi connectivity index (χ0) is 12.7. The lowest BCUT2D eigenvalue weighted by Crippen LogP contribution is -2.52. The first kappa shape index (κ1) is 14.5. The highest BCUT2D eigenvalue weighted by Gasteiger charge is 2.40. The second-order valence-electron chi connectivity index (χ2n) is 4.93. The number of carbonyl (C=O) groups excluding carboxylic acids is 1. The highest BCUT2D eigenvalue weighted by atomic mass is 16.3. The molecule has 2 N–H and O–H groups in total. The maximum atomic E-state index is 12.6. The number of aliphatic hydroxyl groups excluding tert-OH is 1. The summed E-state index contributed by atoms with van der Waals surface area (Å²) in [7, 11) is 0. The van der Waals surface area contributed by atoms with Gasteiger partial charge >= 0.3 is 0 Å². The van der Waals surface area contributed by atoms with Crippen LogP contribution in [0.5, 0.6) is 0 Å². The summed E-state index contributed by atoms with van der Waals surface area (Å²) in [6.07, 6.45) is 3.86. The van der Waals surface area contributed by atoms with Crippen LogP contribution in [0.4, 0.5) is 0 Å². The van der Waals surface area contributed by atoms with Crippen molar-refractivity contribution in [2.75, 3.05) is 32.8 Å². The molecule has 1 unspecified atom stereocenters. The van der Waals surface area contributed by atoms with Crippen LogP contribution in [0.1, 0.15) is 39.5 Å². The van der Waals surface area contributed by atoms with Crippen molar-refractivity contribution in [1.29, 1.82) is 0 Å². The number of piperidine rings is 1. The molecule has 4 nitrogen and oxygen atoms in total. The SMILES string of the molecule is CCCN(CCO)C(=O)C1(CC)CCCNC1. The summed E-state index contributed by atoms with van der Waals surface area (Å²) in [5.41, 5.74) is -0.234. The fraction of sp³-hybridized carbons (Fsp3) is 0.923. The number of aliphatic hydroxyl groups is 1. The lowest BCUT2D eigenvalue weighted by Gasteiger charge is -2.39. The Morgan fingerprint density at radius 2 is 2.18 bits per heavy atom. The first-order valence-corrected chi connectivity index (χ1v) is 6.81. The minimum absolute atomic E-state index is 0.0545. The van der Waals surface area contributed by atoms with E-state index in [2.05, 4.69) is 19.2 Å². The van der Waals surface area contributed by atoms with Crippen molar-refractivity contribution >= 4 is 5.91 Å². The molecule has 4 heteroatoms. The van der Waals surface area contributed by atoms with Crippen LogP contribution >= 0.6 is 0 Å². The monoisotopic (exact) mass is 242 g/mol. The third-order valence-corrected chi connectivity index (χ3v) is 3.75. The van der Waals surface area contributed by atoms with Gasteiger partial charge in [0.05, 0.1) is 12.0 Å². The van der Waals surface area contributed by atoms with E-state index in [1.807, 2.05) is 4.90 Å². The summed E-state index contributed by atoms with van der Waals surface area (Å²) >= 11 is 0. The Labute approximate surface area is 104 Å². The summed E-state index contributed by atoms with van der Waals surface area (Å²) in [5, 5.41) is 12.4. The first-order valence-electron chi connectivity index (χ1n) is 6.81. The fourth-order valence-electron chi connectivity index (χ4n) is 2.64. The molecule has 100 valence electrons. The van der Waals surface area contributed by atoms with Crippen LogP contribution in [-0.2, 0) is 4.79 Å². The summed E-state index contributed by atoms with van der Waals surface area (Å²) in [6, 6.07) is 0. The van der Waals surface area contributed by atoms with Crippen molar-refractivity contribution in [2.45, 2.75) is 39.5 Å². The van der Waals surface area contributed by atoms with Crippen LogP contribution < -0.4 is 5.32 Å². The molecule has 1 fully saturated rings. The number of nitrogens with one attached hydrogen (secondary N) is 1. The van der Waals surface area contributed by atoms with Gasteiger partial charge in [-0.1, -0.05) is 13.8 Å². The second kappa shape index (κ2) is 6.97. The fourth-order valence-corrected chi connectivity index (χ4v) is 2.64. The van der Waals surface area contributed by atoms with Gasteiger partial charge in [0.1, 0.15) is 0 Å². The zero-order valence-electron chi connectivity index (χ0n) is 11.2. The molecule has 1 heterocycles. The third-order valence-electron chi connectivity index (χ3n) is 3.75. The molecule has 17 heavy (non-hydrogen) atoms. The predicted molar refractivity (Wildman–Crippen MR) is 68.8 cm³/mol. The van der Waals surface area contributed by atoms with Crippen molar-refractivity contribution in [2.24, 2.45) is 5.41 Å². The second-order valence-corrected chi connectivity index (χ2v) is 4.93. The van der Waals surface area contributed by atoms with E-state index in [-0.39, 0.29) is 17.9 Å². The largest absolute Gasteiger partial charge is 0.395 e. The Morgan fingerprint density at radius 1 is 1.41 bits per heavy atom. The van der Waals surface area contributed by atoms with E-state index in [0.29, 0.717) is 6.54 Å². The molecule has 1 amide bonds. The van der Waals surface area contributed by atoms with E-state index in [0.717, 1.165) is 45.3 Å². The van der Waals surface area contributed by atoms with Gasteiger partial charge in [-0.25, -0.2) is 0 Å². The van der Waals surface area contributed by atoms with Crippen molar-refractivity contribution in [1.82, 2.24) is 10.2 Å². The molecule has 0 radical (unpaired) electrons. The molecule has 1 saturated heterocycles. The Morgan fingerprint density at radius 3 is 2.65 bits per heavy atom. The quantitative estimate of drug-likeness (QED) is 0.730. The Balaban J connectivity index is 2.74. The van der Waals surface area contributed by atoms with Gasteiger partial charge in [-0.15, -0.1) is 0 Å². The van der Waals surface area contributed by atoms with E-state index < -0.39 is 0 Å². The predicted octanol–water partition coefficient (Wildman–Crippen LogP) is 0.997. The summed E-state index contributed by atoms with van der Waals surface area (Å²) in [4.78, 5) is 14.4. The van der Waals surface area contributed by atoms with E-state index in [1.165, 1.54) is 0 Å². The summed E-state index contributed by atoms with van der Waals surface area (Å²) in [5.74, 6) is 0.225. The summed E-state index contributed by atoms with van der Waals surface area (Å²) in [6.45, 7) is 7.23. The molecule has 0 aromatic carbocycles. The van der Waals surface area contributed by atoms with Gasteiger partial charge in [0.15, 0.2) is 0 Å². The molecule has 0 saturated carbocycles. The number of hydrogen-bond acceptors (Lipinski definition) is 3. The summed E-state index contributed by atoms with van der Waals surface area (Å²) < 4.78 is 0. The van der Waals surface area contributed by atoms with Crippen LogP contribution in [0.15, 0.2) is 0 Å². The van der Waals surface area contributed by atoms with E-state index in [9.17, 15) is 4.79 Å². The zero-order valence-corrected chi connectivity index (χ0v) is 11.2. The van der Waals surface area contributed by atoms with E-state index in [4.69, 9.17) is 5.11 Å². The van der Waals surface area contributed by atoms with Crippen molar-refractivity contribution in [3.63, 3.8) is 0 Å². The molecule has 0 aromatic heterocycles. The number of rotatable bonds is 6. The van der Waals surface area contributed by atoms with Gasteiger partial charge in [-0.2, -0.15) is 0 Å². The number of hydrogen-bond donors (Lipinski definition) is 2. The maximum Gasteiger partial charge on any atom is 0.230 e. The average Bonchev–Trinajstić information content (AvgIpc) is 2.38. The molecular weight excluding hydrogens is 216 g/mol. The van der Waals surface area contributed by atoms with Crippen molar-refractivity contribution in [3.05, 3.63) is 0 Å². The molecule has 0 bridgehead atoms. The van der Waals surface area contributed by atoms with Gasteiger partial charge in [0, 0.05) is 19.6 Å². The number of carbonyl (C=O) groups is 1. The first-order chi connectivity index (χ1) is 8.20. The molecular formula is C13H26N2O2. The van der Waals surface area contributed by atoms with Crippen LogP contribution in [0, 0.1) is 5.41 Å². The average molecular weight is 242 g/mol. The van der Waals surface area contributed by atoms with Crippen molar-refractivity contribution < 1.29 is 9.90 Å². The topological polar surface area (TPSA) is 52.6 Å². The van der Waals surface area contributed by atoms with Crippen LogP contribution in [0.3, 0.4) is 0 Å². The molecule has 1 aliphatic heterocycles. The molecule has 1 aliphatic rings. The van der Waals surface area contributed by atoms with Gasteiger partial charge < -0.3 is 15.3 Å². The molecule has 0 aliphatic carbocycles. The van der Waals surface area contributed by atoms with Crippen molar-refractivity contribution in [3.8, 4) is 0 Å². The minimum Gasteiger partial charge on any atom is -0.395 e. The number of amides is 1. The van der Waals surface area contributed by atoms with Crippen LogP contribution in [-0.4, -0.2) is 48.7 Å².